The van der Waals surface area contributed by atoms with E-state index in [2.05, 4.69) is 15.0 Å². The monoisotopic (exact) mass is 434 g/mol. The molecule has 0 radical (unpaired) electrons. The summed E-state index contributed by atoms with van der Waals surface area (Å²) in [4.78, 5) is 37.0. The van der Waals surface area contributed by atoms with Crippen molar-refractivity contribution in [1.82, 2.24) is 24.9 Å². The Hall–Kier alpha value is -3.46. The number of hydrogen-bond donors (Lipinski definition) is 1. The molecule has 0 saturated carbocycles. The number of Topliss-reactive ketones (excluding diaryl/α,β-unsaturated/α-hetero) is 1. The number of pyridine rings is 1. The second kappa shape index (κ2) is 9.78. The van der Waals surface area contributed by atoms with Crippen LogP contribution in [0.5, 0.6) is 5.75 Å². The second-order valence-electron chi connectivity index (χ2n) is 7.82. The summed E-state index contributed by atoms with van der Waals surface area (Å²) in [7, 11) is 1.87. The molecule has 1 aliphatic rings. The zero-order valence-corrected chi connectivity index (χ0v) is 18.3. The summed E-state index contributed by atoms with van der Waals surface area (Å²) in [6.07, 6.45) is 7.94. The van der Waals surface area contributed by atoms with Gasteiger partial charge in [-0.25, -0.2) is 9.97 Å². The summed E-state index contributed by atoms with van der Waals surface area (Å²) >= 11 is 0. The summed E-state index contributed by atoms with van der Waals surface area (Å²) in [5, 5.41) is 8.99. The molecule has 166 valence electrons. The Balaban J connectivity index is 1.56. The first-order valence-corrected chi connectivity index (χ1v) is 10.6. The molecule has 3 heterocycles. The lowest BCUT2D eigenvalue weighted by Crippen LogP contribution is -2.29. The molecular formula is C23H26N6O3. The maximum atomic E-state index is 12.7. The molecular weight excluding hydrogens is 408 g/mol. The van der Waals surface area contributed by atoms with Gasteiger partial charge in [-0.3, -0.25) is 19.7 Å². The molecule has 0 unspecified atom stereocenters. The van der Waals surface area contributed by atoms with Crippen molar-refractivity contribution < 1.29 is 14.6 Å². The van der Waals surface area contributed by atoms with E-state index in [0.29, 0.717) is 23.0 Å². The van der Waals surface area contributed by atoms with Gasteiger partial charge in [0.05, 0.1) is 31.0 Å². The number of likely N-dealkylation sites (N-methyl/N-ethyl adjacent to an activating group) is 1. The molecule has 0 atom stereocenters. The third-order valence-corrected chi connectivity index (χ3v) is 5.22. The highest BCUT2D eigenvalue weighted by molar-refractivity contribution is 5.85. The van der Waals surface area contributed by atoms with Crippen molar-refractivity contribution in [2.75, 3.05) is 31.7 Å². The minimum atomic E-state index is -0.0653. The molecule has 0 saturated heterocycles. The molecule has 4 rings (SSSR count). The highest BCUT2D eigenvalue weighted by atomic mass is 16.5. The van der Waals surface area contributed by atoms with Gasteiger partial charge in [-0.1, -0.05) is 0 Å². The minimum Gasteiger partial charge on any atom is -0.491 e. The number of carbonyl (C=O) groups is 1. The third kappa shape index (κ3) is 5.05. The van der Waals surface area contributed by atoms with Crippen LogP contribution in [0.1, 0.15) is 29.1 Å². The van der Waals surface area contributed by atoms with Crippen LogP contribution in [0.15, 0.2) is 30.7 Å². The lowest BCUT2D eigenvalue weighted by molar-refractivity contribution is -0.117. The number of aromatic nitrogens is 5. The van der Waals surface area contributed by atoms with Crippen LogP contribution >= 0.6 is 0 Å². The van der Waals surface area contributed by atoms with Gasteiger partial charge in [0.25, 0.3) is 0 Å². The second-order valence-corrected chi connectivity index (χ2v) is 7.82. The first-order chi connectivity index (χ1) is 15.5. The lowest BCUT2D eigenvalue weighted by Gasteiger charge is -2.21. The standard InChI is InChI=1S/C23H26N6O3/c1-15-12-26-16(13-25-15)10-17(31)14-29(2)23-19-4-3-5-20(19)27-22(28-23)21-11-18(6-7-24-21)32-9-8-30/h6-7,11-13,30H,3-5,8-10,14H2,1-2H3. The number of aryl methyl sites for hydroxylation is 2. The highest BCUT2D eigenvalue weighted by Crippen LogP contribution is 2.31. The van der Waals surface area contributed by atoms with Crippen LogP contribution in [0.4, 0.5) is 5.82 Å². The normalized spacial score (nSPS) is 12.5. The minimum absolute atomic E-state index is 0.0371. The molecule has 3 aromatic rings. The van der Waals surface area contributed by atoms with Crippen LogP contribution in [-0.4, -0.2) is 62.6 Å². The highest BCUT2D eigenvalue weighted by Gasteiger charge is 2.23. The van der Waals surface area contributed by atoms with Crippen molar-refractivity contribution in [3.63, 3.8) is 0 Å². The Morgan fingerprint density at radius 3 is 2.84 bits per heavy atom. The molecule has 1 aliphatic carbocycles. The molecule has 3 aromatic heterocycles. The van der Waals surface area contributed by atoms with E-state index in [1.54, 1.807) is 30.7 Å². The Bertz CT molecular complexity index is 1100. The fourth-order valence-corrected chi connectivity index (χ4v) is 3.74. The molecule has 0 spiro atoms. The third-order valence-electron chi connectivity index (χ3n) is 5.22. The van der Waals surface area contributed by atoms with Gasteiger partial charge in [-0.15, -0.1) is 0 Å². The number of aliphatic hydroxyl groups is 1. The van der Waals surface area contributed by atoms with Gasteiger partial charge < -0.3 is 14.7 Å². The average molecular weight is 435 g/mol. The smallest absolute Gasteiger partial charge is 0.180 e. The van der Waals surface area contributed by atoms with Crippen LogP contribution in [0, 0.1) is 6.92 Å². The van der Waals surface area contributed by atoms with E-state index >= 15 is 0 Å². The summed E-state index contributed by atoms with van der Waals surface area (Å²) in [5.74, 6) is 1.89. The number of anilines is 1. The number of nitrogens with zero attached hydrogens (tertiary/aromatic N) is 6. The fourth-order valence-electron chi connectivity index (χ4n) is 3.74. The molecule has 32 heavy (non-hydrogen) atoms. The average Bonchev–Trinajstić information content (AvgIpc) is 3.27. The molecule has 9 nitrogen and oxygen atoms in total. The van der Waals surface area contributed by atoms with Gasteiger partial charge in [0.1, 0.15) is 23.9 Å². The number of hydrogen-bond acceptors (Lipinski definition) is 9. The van der Waals surface area contributed by atoms with E-state index in [4.69, 9.17) is 19.8 Å². The first-order valence-electron chi connectivity index (χ1n) is 10.6. The Kier molecular flexibility index (Phi) is 6.65. The van der Waals surface area contributed by atoms with Crippen LogP contribution in [0.25, 0.3) is 11.5 Å². The van der Waals surface area contributed by atoms with Crippen molar-refractivity contribution in [3.05, 3.63) is 53.4 Å². The van der Waals surface area contributed by atoms with E-state index in [9.17, 15) is 4.79 Å². The topological polar surface area (TPSA) is 114 Å². The Morgan fingerprint density at radius 2 is 2.06 bits per heavy atom. The van der Waals surface area contributed by atoms with Crippen molar-refractivity contribution >= 4 is 11.6 Å². The largest absolute Gasteiger partial charge is 0.491 e. The molecule has 1 N–H and O–H groups in total. The van der Waals surface area contributed by atoms with E-state index in [1.807, 2.05) is 18.9 Å². The van der Waals surface area contributed by atoms with Crippen molar-refractivity contribution in [2.45, 2.75) is 32.6 Å². The van der Waals surface area contributed by atoms with E-state index < -0.39 is 0 Å². The van der Waals surface area contributed by atoms with Crippen LogP contribution in [-0.2, 0) is 24.1 Å². The number of ketones is 1. The summed E-state index contributed by atoms with van der Waals surface area (Å²) < 4.78 is 5.49. The van der Waals surface area contributed by atoms with E-state index in [1.165, 1.54) is 0 Å². The summed E-state index contributed by atoms with van der Waals surface area (Å²) in [6.45, 7) is 2.22. The van der Waals surface area contributed by atoms with Gasteiger partial charge in [0, 0.05) is 43.0 Å². The fraction of sp³-hybridized carbons (Fsp3) is 0.391. The molecule has 0 fully saturated rings. The number of rotatable bonds is 9. The van der Waals surface area contributed by atoms with Gasteiger partial charge in [-0.2, -0.15) is 0 Å². The van der Waals surface area contributed by atoms with Crippen LogP contribution in [0.3, 0.4) is 0 Å². The Morgan fingerprint density at radius 1 is 1.19 bits per heavy atom. The molecule has 0 bridgehead atoms. The quantitative estimate of drug-likeness (QED) is 0.538. The number of fused-ring (bicyclic) bond motifs is 1. The van der Waals surface area contributed by atoms with Gasteiger partial charge in [0.2, 0.25) is 0 Å². The zero-order valence-electron chi connectivity index (χ0n) is 18.3. The van der Waals surface area contributed by atoms with Crippen molar-refractivity contribution in [3.8, 4) is 17.3 Å². The molecule has 0 amide bonds. The zero-order chi connectivity index (χ0) is 22.5. The van der Waals surface area contributed by atoms with Crippen LogP contribution < -0.4 is 9.64 Å². The first kappa shape index (κ1) is 21.8. The number of aliphatic hydroxyl groups excluding tert-OH is 1. The van der Waals surface area contributed by atoms with Crippen molar-refractivity contribution in [2.24, 2.45) is 0 Å². The van der Waals surface area contributed by atoms with E-state index in [-0.39, 0.29) is 32.0 Å². The lowest BCUT2D eigenvalue weighted by atomic mass is 10.2. The Labute approximate surface area is 186 Å². The number of carbonyl (C=O) groups excluding carboxylic acids is 1. The van der Waals surface area contributed by atoms with Gasteiger partial charge >= 0.3 is 0 Å². The summed E-state index contributed by atoms with van der Waals surface area (Å²) in [6, 6.07) is 3.49. The molecule has 9 heteroatoms. The van der Waals surface area contributed by atoms with Gasteiger partial charge in [0.15, 0.2) is 11.6 Å². The van der Waals surface area contributed by atoms with Crippen LogP contribution in [0.2, 0.25) is 0 Å². The van der Waals surface area contributed by atoms with Gasteiger partial charge in [-0.05, 0) is 32.3 Å². The SMILES string of the molecule is Cc1cnc(CC(=O)CN(C)c2nc(-c3cc(OCCO)ccn3)nc3c2CCC3)cn1. The predicted octanol–water partition coefficient (Wildman–Crippen LogP) is 1.74. The predicted molar refractivity (Wildman–Crippen MR) is 119 cm³/mol. The van der Waals surface area contributed by atoms with Crippen molar-refractivity contribution in [1.29, 1.82) is 0 Å². The molecule has 0 aliphatic heterocycles. The number of ether oxygens (including phenoxy) is 1. The molecule has 0 aromatic carbocycles. The summed E-state index contributed by atoms with van der Waals surface area (Å²) in [5.41, 5.74) is 4.16. The maximum absolute atomic E-state index is 12.7. The van der Waals surface area contributed by atoms with E-state index in [0.717, 1.165) is 42.0 Å². The maximum Gasteiger partial charge on any atom is 0.180 e.